The van der Waals surface area contributed by atoms with Crippen LogP contribution in [0.25, 0.3) is 0 Å². The summed E-state index contributed by atoms with van der Waals surface area (Å²) in [5.74, 6) is 1.81. The molecule has 2 aliphatic rings. The number of nitrogens with one attached hydrogen (secondary N) is 1. The Morgan fingerprint density at radius 1 is 1.07 bits per heavy atom. The minimum atomic E-state index is -0.0764. The maximum Gasteiger partial charge on any atom is 0.0693 e. The van der Waals surface area contributed by atoms with E-state index in [0.29, 0.717) is 6.04 Å². The van der Waals surface area contributed by atoms with Gasteiger partial charge in [-0.1, -0.05) is 19.8 Å². The van der Waals surface area contributed by atoms with Crippen molar-refractivity contribution in [1.82, 2.24) is 5.32 Å². The molecule has 2 rings (SSSR count). The molecule has 0 aromatic rings. The molecule has 0 heterocycles. The van der Waals surface area contributed by atoms with Gasteiger partial charge < -0.3 is 10.4 Å². The monoisotopic (exact) mass is 211 g/mol. The van der Waals surface area contributed by atoms with E-state index in [2.05, 4.69) is 12.2 Å². The Bertz CT molecular complexity index is 187. The molecular formula is C13H25NO. The van der Waals surface area contributed by atoms with Gasteiger partial charge in [0.15, 0.2) is 0 Å². The Kier molecular flexibility index (Phi) is 4.04. The third kappa shape index (κ3) is 3.18. The second kappa shape index (κ2) is 5.31. The second-order valence-electron chi connectivity index (χ2n) is 5.64. The first-order chi connectivity index (χ1) is 7.25. The average molecular weight is 211 g/mol. The highest BCUT2D eigenvalue weighted by Gasteiger charge is 2.26. The van der Waals surface area contributed by atoms with Gasteiger partial charge in [0.05, 0.1) is 6.10 Å². The Labute approximate surface area is 93.5 Å². The van der Waals surface area contributed by atoms with Crippen molar-refractivity contribution >= 4 is 0 Å². The predicted molar refractivity (Wildman–Crippen MR) is 62.8 cm³/mol. The van der Waals surface area contributed by atoms with Crippen LogP contribution in [0.15, 0.2) is 0 Å². The molecule has 0 spiro atoms. The molecule has 0 saturated heterocycles. The van der Waals surface area contributed by atoms with Crippen molar-refractivity contribution in [2.45, 2.75) is 64.0 Å². The van der Waals surface area contributed by atoms with E-state index >= 15 is 0 Å². The minimum absolute atomic E-state index is 0.0764. The number of hydrogen-bond acceptors (Lipinski definition) is 2. The lowest BCUT2D eigenvalue weighted by molar-refractivity contribution is 0.143. The van der Waals surface area contributed by atoms with Crippen molar-refractivity contribution in [2.24, 2.45) is 11.8 Å². The van der Waals surface area contributed by atoms with Gasteiger partial charge in [-0.15, -0.1) is 0 Å². The van der Waals surface area contributed by atoms with Crippen molar-refractivity contribution in [3.05, 3.63) is 0 Å². The fraction of sp³-hybridized carbons (Fsp3) is 1.00. The molecular weight excluding hydrogens is 186 g/mol. The maximum atomic E-state index is 9.70. The van der Waals surface area contributed by atoms with Gasteiger partial charge in [0.2, 0.25) is 0 Å². The number of aliphatic hydroxyl groups excluding tert-OH is 1. The standard InChI is InChI=1S/C13H25NO/c1-10-5-7-11(8-6-10)9-14-12-3-2-4-13(12)15/h10-15H,2-9H2,1H3/t10?,11?,12-,13-/m0/s1. The summed E-state index contributed by atoms with van der Waals surface area (Å²) in [6.07, 6.45) is 8.87. The Balaban J connectivity index is 1.65. The maximum absolute atomic E-state index is 9.70. The molecule has 0 amide bonds. The molecule has 2 saturated carbocycles. The number of aliphatic hydroxyl groups is 1. The summed E-state index contributed by atoms with van der Waals surface area (Å²) in [6.45, 7) is 3.50. The molecule has 0 aromatic heterocycles. The Morgan fingerprint density at radius 3 is 2.40 bits per heavy atom. The highest BCUT2D eigenvalue weighted by molar-refractivity contribution is 4.84. The largest absolute Gasteiger partial charge is 0.392 e. The molecule has 0 aliphatic heterocycles. The Hall–Kier alpha value is -0.0800. The topological polar surface area (TPSA) is 32.3 Å². The molecule has 88 valence electrons. The molecule has 2 heteroatoms. The summed E-state index contributed by atoms with van der Waals surface area (Å²) < 4.78 is 0. The predicted octanol–water partition coefficient (Wildman–Crippen LogP) is 2.32. The lowest BCUT2D eigenvalue weighted by atomic mass is 9.83. The van der Waals surface area contributed by atoms with Gasteiger partial charge >= 0.3 is 0 Å². The number of rotatable bonds is 3. The molecule has 2 aliphatic carbocycles. The minimum Gasteiger partial charge on any atom is -0.392 e. The summed E-state index contributed by atoms with van der Waals surface area (Å²) in [4.78, 5) is 0. The zero-order chi connectivity index (χ0) is 10.7. The second-order valence-corrected chi connectivity index (χ2v) is 5.64. The van der Waals surface area contributed by atoms with Crippen molar-refractivity contribution in [3.63, 3.8) is 0 Å². The molecule has 15 heavy (non-hydrogen) atoms. The van der Waals surface area contributed by atoms with Crippen molar-refractivity contribution in [1.29, 1.82) is 0 Å². The van der Waals surface area contributed by atoms with Crippen LogP contribution in [0, 0.1) is 11.8 Å². The first-order valence-electron chi connectivity index (χ1n) is 6.67. The average Bonchev–Trinajstić information content (AvgIpc) is 2.63. The highest BCUT2D eigenvalue weighted by atomic mass is 16.3. The quantitative estimate of drug-likeness (QED) is 0.751. The fourth-order valence-corrected chi connectivity index (χ4v) is 3.03. The van der Waals surface area contributed by atoms with Crippen LogP contribution in [-0.4, -0.2) is 23.8 Å². The first kappa shape index (κ1) is 11.4. The van der Waals surface area contributed by atoms with Gasteiger partial charge in [0, 0.05) is 6.04 Å². The van der Waals surface area contributed by atoms with E-state index in [4.69, 9.17) is 0 Å². The molecule has 2 fully saturated rings. The zero-order valence-corrected chi connectivity index (χ0v) is 9.91. The molecule has 0 unspecified atom stereocenters. The van der Waals surface area contributed by atoms with Crippen LogP contribution in [-0.2, 0) is 0 Å². The van der Waals surface area contributed by atoms with E-state index in [-0.39, 0.29) is 6.10 Å². The van der Waals surface area contributed by atoms with E-state index < -0.39 is 0 Å². The third-order valence-corrected chi connectivity index (χ3v) is 4.28. The van der Waals surface area contributed by atoms with Gasteiger partial charge in [-0.2, -0.15) is 0 Å². The molecule has 2 nitrogen and oxygen atoms in total. The lowest BCUT2D eigenvalue weighted by Crippen LogP contribution is -2.39. The lowest BCUT2D eigenvalue weighted by Gasteiger charge is -2.28. The van der Waals surface area contributed by atoms with Gasteiger partial charge in [-0.05, 0) is 50.5 Å². The summed E-state index contributed by atoms with van der Waals surface area (Å²) in [5.41, 5.74) is 0. The fourth-order valence-electron chi connectivity index (χ4n) is 3.03. The Morgan fingerprint density at radius 2 is 1.80 bits per heavy atom. The van der Waals surface area contributed by atoms with Crippen molar-refractivity contribution < 1.29 is 5.11 Å². The van der Waals surface area contributed by atoms with Gasteiger partial charge in [-0.25, -0.2) is 0 Å². The van der Waals surface area contributed by atoms with Crippen molar-refractivity contribution in [3.8, 4) is 0 Å². The van der Waals surface area contributed by atoms with Crippen LogP contribution < -0.4 is 5.32 Å². The van der Waals surface area contributed by atoms with Crippen LogP contribution in [0.5, 0.6) is 0 Å². The summed E-state index contributed by atoms with van der Waals surface area (Å²) in [7, 11) is 0. The van der Waals surface area contributed by atoms with Crippen LogP contribution >= 0.6 is 0 Å². The molecule has 0 radical (unpaired) electrons. The summed E-state index contributed by atoms with van der Waals surface area (Å²) >= 11 is 0. The SMILES string of the molecule is CC1CCC(CN[C@H]2CCC[C@@H]2O)CC1. The molecule has 2 N–H and O–H groups in total. The van der Waals surface area contributed by atoms with Gasteiger partial charge in [0.25, 0.3) is 0 Å². The van der Waals surface area contributed by atoms with E-state index in [0.717, 1.165) is 24.8 Å². The van der Waals surface area contributed by atoms with E-state index in [1.54, 1.807) is 0 Å². The van der Waals surface area contributed by atoms with E-state index in [1.165, 1.54) is 38.5 Å². The summed E-state index contributed by atoms with van der Waals surface area (Å²) in [5, 5.41) is 13.3. The molecule has 2 atom stereocenters. The van der Waals surface area contributed by atoms with Crippen LogP contribution in [0.2, 0.25) is 0 Å². The smallest absolute Gasteiger partial charge is 0.0693 e. The third-order valence-electron chi connectivity index (χ3n) is 4.28. The molecule has 0 bridgehead atoms. The van der Waals surface area contributed by atoms with Crippen LogP contribution in [0.3, 0.4) is 0 Å². The van der Waals surface area contributed by atoms with E-state index in [1.807, 2.05) is 0 Å². The van der Waals surface area contributed by atoms with Crippen LogP contribution in [0.1, 0.15) is 51.9 Å². The molecule has 0 aromatic carbocycles. The summed E-state index contributed by atoms with van der Waals surface area (Å²) in [6, 6.07) is 0.393. The highest BCUT2D eigenvalue weighted by Crippen LogP contribution is 2.28. The van der Waals surface area contributed by atoms with Gasteiger partial charge in [-0.3, -0.25) is 0 Å². The van der Waals surface area contributed by atoms with E-state index in [9.17, 15) is 5.11 Å². The number of hydrogen-bond donors (Lipinski definition) is 2. The van der Waals surface area contributed by atoms with Crippen molar-refractivity contribution in [2.75, 3.05) is 6.54 Å². The van der Waals surface area contributed by atoms with Gasteiger partial charge in [0.1, 0.15) is 0 Å². The zero-order valence-electron chi connectivity index (χ0n) is 9.91. The normalized spacial score (nSPS) is 42.0. The van der Waals surface area contributed by atoms with Crippen LogP contribution in [0.4, 0.5) is 0 Å². The first-order valence-corrected chi connectivity index (χ1v) is 6.67.